The molecule has 0 aliphatic carbocycles. The lowest BCUT2D eigenvalue weighted by Crippen LogP contribution is -2.47. The molecule has 0 atom stereocenters. The van der Waals surface area contributed by atoms with Crippen LogP contribution in [0, 0.1) is 0 Å². The van der Waals surface area contributed by atoms with Gasteiger partial charge >= 0.3 is 0 Å². The van der Waals surface area contributed by atoms with Gasteiger partial charge in [-0.05, 0) is 0 Å². The van der Waals surface area contributed by atoms with Gasteiger partial charge in [0.15, 0.2) is 5.69 Å². The number of ether oxygens (including phenoxy) is 1. The van der Waals surface area contributed by atoms with Crippen LogP contribution in [0.2, 0.25) is 0 Å². The van der Waals surface area contributed by atoms with Gasteiger partial charge in [-0.1, -0.05) is 0 Å². The zero-order chi connectivity index (χ0) is 12.3. The predicted molar refractivity (Wildman–Crippen MR) is 61.9 cm³/mol. The summed E-state index contributed by atoms with van der Waals surface area (Å²) in [5, 5.41) is 10.3. The number of aliphatic hydroxyl groups is 1. The first-order valence-corrected chi connectivity index (χ1v) is 6.17. The number of aromatic nitrogens is 2. The second-order valence-corrected chi connectivity index (χ2v) is 4.85. The fourth-order valence-electron chi connectivity index (χ4n) is 1.88. The third-order valence-corrected chi connectivity index (χ3v) is 3.36. The quantitative estimate of drug-likeness (QED) is 0.834. The molecule has 6 nitrogen and oxygen atoms in total. The summed E-state index contributed by atoms with van der Waals surface area (Å²) in [6.07, 6.45) is 2.55. The predicted octanol–water partition coefficient (Wildman–Crippen LogP) is 0.152. The average Bonchev–Trinajstić information content (AvgIpc) is 2.81. The van der Waals surface area contributed by atoms with E-state index in [0.29, 0.717) is 38.3 Å². The van der Waals surface area contributed by atoms with Gasteiger partial charge in [-0.25, -0.2) is 0 Å². The molecule has 1 aliphatic heterocycles. The van der Waals surface area contributed by atoms with Crippen LogP contribution in [0.15, 0.2) is 6.20 Å². The van der Waals surface area contributed by atoms with E-state index in [2.05, 4.69) is 8.75 Å². The molecular weight excluding hydrogens is 242 g/mol. The van der Waals surface area contributed by atoms with Crippen molar-refractivity contribution < 1.29 is 14.6 Å². The minimum atomic E-state index is -0.841. The highest BCUT2D eigenvalue weighted by molar-refractivity contribution is 6.99. The zero-order valence-corrected chi connectivity index (χ0v) is 10.4. The highest BCUT2D eigenvalue weighted by Gasteiger charge is 2.32. The smallest absolute Gasteiger partial charge is 0.275 e. The topological polar surface area (TPSA) is 75.6 Å². The molecule has 2 rings (SSSR count). The molecule has 0 bridgehead atoms. The maximum absolute atomic E-state index is 11.9. The molecule has 1 fully saturated rings. The lowest BCUT2D eigenvalue weighted by molar-refractivity contribution is -0.0734. The van der Waals surface area contributed by atoms with Gasteiger partial charge in [-0.3, -0.25) is 4.79 Å². The molecule has 1 amide bonds. The first-order chi connectivity index (χ1) is 8.11. The lowest BCUT2D eigenvalue weighted by Gasteiger charge is -2.35. The van der Waals surface area contributed by atoms with Gasteiger partial charge in [0.25, 0.3) is 5.91 Å². The molecule has 2 heterocycles. The Morgan fingerprint density at radius 1 is 1.65 bits per heavy atom. The molecule has 1 aliphatic rings. The second kappa shape index (κ2) is 5.07. The molecule has 1 saturated heterocycles. The fourth-order valence-corrected chi connectivity index (χ4v) is 2.28. The lowest BCUT2D eigenvalue weighted by atomic mass is 9.94. The summed E-state index contributed by atoms with van der Waals surface area (Å²) in [4.78, 5) is 13.4. The van der Waals surface area contributed by atoms with Crippen molar-refractivity contribution in [2.45, 2.75) is 18.4 Å². The molecule has 94 valence electrons. The van der Waals surface area contributed by atoms with Crippen LogP contribution in [0.4, 0.5) is 0 Å². The summed E-state index contributed by atoms with van der Waals surface area (Å²) in [7, 11) is 1.66. The molecule has 1 aromatic heterocycles. The Labute approximate surface area is 104 Å². The molecule has 0 saturated carbocycles. The Balaban J connectivity index is 1.96. The highest BCUT2D eigenvalue weighted by atomic mass is 32.1. The van der Waals surface area contributed by atoms with Crippen molar-refractivity contribution in [3.63, 3.8) is 0 Å². The number of carbonyl (C=O) groups is 1. The van der Waals surface area contributed by atoms with E-state index in [1.165, 1.54) is 11.1 Å². The Morgan fingerprint density at radius 2 is 2.35 bits per heavy atom. The Kier molecular flexibility index (Phi) is 3.70. The molecule has 7 heteroatoms. The van der Waals surface area contributed by atoms with Crippen LogP contribution < -0.4 is 0 Å². The Morgan fingerprint density at radius 3 is 2.94 bits per heavy atom. The van der Waals surface area contributed by atoms with Crippen molar-refractivity contribution in [2.24, 2.45) is 0 Å². The number of hydrogen-bond acceptors (Lipinski definition) is 6. The Bertz CT molecular complexity index is 376. The minimum absolute atomic E-state index is 0.210. The zero-order valence-electron chi connectivity index (χ0n) is 9.63. The van der Waals surface area contributed by atoms with E-state index < -0.39 is 5.60 Å². The largest absolute Gasteiger partial charge is 0.388 e. The monoisotopic (exact) mass is 257 g/mol. The minimum Gasteiger partial charge on any atom is -0.388 e. The number of nitrogens with zero attached hydrogens (tertiary/aromatic N) is 3. The van der Waals surface area contributed by atoms with Crippen LogP contribution >= 0.6 is 11.7 Å². The van der Waals surface area contributed by atoms with Crippen LogP contribution in [-0.4, -0.2) is 57.1 Å². The number of likely N-dealkylation sites (N-methyl/N-ethyl adjacent to an activating group) is 1. The van der Waals surface area contributed by atoms with E-state index in [0.717, 1.165) is 11.7 Å². The van der Waals surface area contributed by atoms with Crippen molar-refractivity contribution >= 4 is 17.6 Å². The SMILES string of the molecule is CN(CC1(O)CCOCC1)C(=O)c1cnsn1. The molecule has 1 N–H and O–H groups in total. The summed E-state index contributed by atoms with van der Waals surface area (Å²) in [5.74, 6) is -0.210. The number of rotatable bonds is 3. The van der Waals surface area contributed by atoms with Gasteiger partial charge in [0.1, 0.15) is 0 Å². The van der Waals surface area contributed by atoms with Gasteiger partial charge < -0.3 is 14.7 Å². The highest BCUT2D eigenvalue weighted by Crippen LogP contribution is 2.21. The third-order valence-electron chi connectivity index (χ3n) is 2.88. The van der Waals surface area contributed by atoms with E-state index in [1.807, 2.05) is 0 Å². The summed E-state index contributed by atoms with van der Waals surface area (Å²) in [5.41, 5.74) is -0.514. The number of amides is 1. The molecule has 0 spiro atoms. The van der Waals surface area contributed by atoms with Crippen LogP contribution in [0.1, 0.15) is 23.3 Å². The van der Waals surface area contributed by atoms with E-state index in [9.17, 15) is 9.90 Å². The normalized spacial score (nSPS) is 18.9. The molecule has 0 unspecified atom stereocenters. The molecular formula is C10H15N3O3S. The molecule has 1 aromatic rings. The average molecular weight is 257 g/mol. The van der Waals surface area contributed by atoms with Crippen LogP contribution in [0.5, 0.6) is 0 Å². The number of carbonyl (C=O) groups excluding carboxylic acids is 1. The summed E-state index contributed by atoms with van der Waals surface area (Å²) >= 11 is 1.00. The van der Waals surface area contributed by atoms with E-state index in [4.69, 9.17) is 4.74 Å². The van der Waals surface area contributed by atoms with Gasteiger partial charge in [0, 0.05) is 39.6 Å². The van der Waals surface area contributed by atoms with Crippen molar-refractivity contribution in [1.29, 1.82) is 0 Å². The van der Waals surface area contributed by atoms with Crippen molar-refractivity contribution in [2.75, 3.05) is 26.8 Å². The van der Waals surface area contributed by atoms with Crippen LogP contribution in [0.3, 0.4) is 0 Å². The second-order valence-electron chi connectivity index (χ2n) is 4.29. The van der Waals surface area contributed by atoms with Crippen LogP contribution in [-0.2, 0) is 4.74 Å². The van der Waals surface area contributed by atoms with E-state index in [1.54, 1.807) is 7.05 Å². The molecule has 0 radical (unpaired) electrons. The van der Waals surface area contributed by atoms with Crippen molar-refractivity contribution in [1.82, 2.24) is 13.6 Å². The third kappa shape index (κ3) is 2.99. The maximum Gasteiger partial charge on any atom is 0.275 e. The van der Waals surface area contributed by atoms with E-state index in [-0.39, 0.29) is 5.91 Å². The summed E-state index contributed by atoms with van der Waals surface area (Å²) in [6, 6.07) is 0. The summed E-state index contributed by atoms with van der Waals surface area (Å²) in [6.45, 7) is 1.38. The molecule has 0 aromatic carbocycles. The van der Waals surface area contributed by atoms with Crippen LogP contribution in [0.25, 0.3) is 0 Å². The summed E-state index contributed by atoms with van der Waals surface area (Å²) < 4.78 is 12.9. The standard InChI is InChI=1S/C10H15N3O3S/c1-13(9(14)8-6-11-17-12-8)7-10(15)2-4-16-5-3-10/h6,15H,2-5,7H2,1H3. The van der Waals surface area contributed by atoms with Gasteiger partial charge in [0.2, 0.25) is 0 Å². The fraction of sp³-hybridized carbons (Fsp3) is 0.700. The van der Waals surface area contributed by atoms with Crippen molar-refractivity contribution in [3.8, 4) is 0 Å². The molecule has 17 heavy (non-hydrogen) atoms. The van der Waals surface area contributed by atoms with Crippen molar-refractivity contribution in [3.05, 3.63) is 11.9 Å². The van der Waals surface area contributed by atoms with Gasteiger partial charge in [0.05, 0.1) is 23.5 Å². The number of hydrogen-bond donors (Lipinski definition) is 1. The maximum atomic E-state index is 11.9. The van der Waals surface area contributed by atoms with Gasteiger partial charge in [-0.2, -0.15) is 8.75 Å². The first-order valence-electron chi connectivity index (χ1n) is 5.44. The first kappa shape index (κ1) is 12.4. The van der Waals surface area contributed by atoms with Gasteiger partial charge in [-0.15, -0.1) is 0 Å². The van der Waals surface area contributed by atoms with E-state index >= 15 is 0 Å². The Hall–Kier alpha value is -1.05.